The van der Waals surface area contributed by atoms with Crippen molar-refractivity contribution in [3.8, 4) is 0 Å². The molecule has 2 amide bonds. The van der Waals surface area contributed by atoms with Gasteiger partial charge in [0.25, 0.3) is 5.91 Å². The molecular weight excluding hydrogens is 480 g/mol. The van der Waals surface area contributed by atoms with Crippen LogP contribution in [0.25, 0.3) is 10.8 Å². The Morgan fingerprint density at radius 2 is 1.61 bits per heavy atom. The molecule has 8 nitrogen and oxygen atoms in total. The first kappa shape index (κ1) is 25.2. The number of hydrogen-bond acceptors (Lipinski definition) is 6. The Kier molecular flexibility index (Phi) is 7.51. The van der Waals surface area contributed by atoms with Crippen LogP contribution in [0.2, 0.25) is 0 Å². The summed E-state index contributed by atoms with van der Waals surface area (Å²) in [5.74, 6) is -1.05. The normalized spacial score (nSPS) is 13.9. The summed E-state index contributed by atoms with van der Waals surface area (Å²) in [6, 6.07) is 22.5. The lowest BCUT2D eigenvalue weighted by atomic mass is 10.0. The third-order valence-corrected chi connectivity index (χ3v) is 6.74. The van der Waals surface area contributed by atoms with E-state index in [0.29, 0.717) is 37.2 Å². The molecule has 0 radical (unpaired) electrons. The second-order valence-electron chi connectivity index (χ2n) is 9.41. The molecule has 0 unspecified atom stereocenters. The summed E-state index contributed by atoms with van der Waals surface area (Å²) in [6.07, 6.45) is 3.23. The Bertz CT molecular complexity index is 1470. The molecule has 5 rings (SSSR count). The molecule has 4 aromatic rings. The Morgan fingerprint density at radius 1 is 0.868 bits per heavy atom. The van der Waals surface area contributed by atoms with Crippen LogP contribution in [0, 0.1) is 0 Å². The Hall–Kier alpha value is -4.43. The second-order valence-corrected chi connectivity index (χ2v) is 9.41. The van der Waals surface area contributed by atoms with Gasteiger partial charge in [0, 0.05) is 36.7 Å². The Morgan fingerprint density at radius 3 is 2.37 bits per heavy atom. The van der Waals surface area contributed by atoms with E-state index in [0.717, 1.165) is 16.3 Å². The Balaban J connectivity index is 1.44. The van der Waals surface area contributed by atoms with Crippen molar-refractivity contribution in [1.29, 1.82) is 0 Å². The molecule has 1 aromatic heterocycles. The van der Waals surface area contributed by atoms with E-state index in [2.05, 4.69) is 9.97 Å². The number of amides is 2. The van der Waals surface area contributed by atoms with Crippen LogP contribution in [-0.2, 0) is 11.3 Å². The fourth-order valence-corrected chi connectivity index (χ4v) is 4.66. The average Bonchev–Trinajstić information content (AvgIpc) is 2.96. The fourth-order valence-electron chi connectivity index (χ4n) is 4.66. The molecule has 1 aliphatic heterocycles. The maximum Gasteiger partial charge on any atom is 0.253 e. The van der Waals surface area contributed by atoms with Crippen molar-refractivity contribution >= 4 is 34.1 Å². The van der Waals surface area contributed by atoms with Gasteiger partial charge in [-0.1, -0.05) is 42.5 Å². The van der Waals surface area contributed by atoms with Gasteiger partial charge >= 0.3 is 0 Å². The van der Waals surface area contributed by atoms with Crippen molar-refractivity contribution in [3.05, 3.63) is 102 Å². The molecule has 192 valence electrons. The summed E-state index contributed by atoms with van der Waals surface area (Å²) in [6.45, 7) is 1.19. The SMILES string of the molecule is O=C(CC(=O)N(Cc1ccc2ccccc2c1)c1cccc(C(=O)N2CCC(O)CC2)c1)c1ncccn1. The highest BCUT2D eigenvalue weighted by Gasteiger charge is 2.25. The van der Waals surface area contributed by atoms with Crippen LogP contribution in [0.5, 0.6) is 0 Å². The number of nitrogens with zero attached hydrogens (tertiary/aromatic N) is 4. The highest BCUT2D eigenvalue weighted by Crippen LogP contribution is 2.24. The third kappa shape index (κ3) is 5.76. The number of Topliss-reactive ketones (excluding diaryl/α,β-unsaturated/α-hetero) is 1. The van der Waals surface area contributed by atoms with Crippen molar-refractivity contribution in [2.45, 2.75) is 31.9 Å². The van der Waals surface area contributed by atoms with E-state index in [1.165, 1.54) is 17.3 Å². The largest absolute Gasteiger partial charge is 0.393 e. The van der Waals surface area contributed by atoms with E-state index >= 15 is 0 Å². The first-order valence-corrected chi connectivity index (χ1v) is 12.6. The van der Waals surface area contributed by atoms with E-state index < -0.39 is 18.1 Å². The number of aliphatic hydroxyl groups is 1. The van der Waals surface area contributed by atoms with Gasteiger partial charge in [-0.25, -0.2) is 9.97 Å². The molecule has 0 spiro atoms. The number of benzene rings is 3. The first-order valence-electron chi connectivity index (χ1n) is 12.6. The molecule has 1 aliphatic rings. The van der Waals surface area contributed by atoms with Crippen molar-refractivity contribution in [2.24, 2.45) is 0 Å². The van der Waals surface area contributed by atoms with E-state index in [9.17, 15) is 19.5 Å². The topological polar surface area (TPSA) is 104 Å². The summed E-state index contributed by atoms with van der Waals surface area (Å²) >= 11 is 0. The lowest BCUT2D eigenvalue weighted by molar-refractivity contribution is -0.117. The van der Waals surface area contributed by atoms with Crippen LogP contribution < -0.4 is 4.90 Å². The van der Waals surface area contributed by atoms with Crippen LogP contribution in [0.1, 0.15) is 45.8 Å². The molecule has 1 N–H and O–H groups in total. The fraction of sp³-hybridized carbons (Fsp3) is 0.233. The van der Waals surface area contributed by atoms with Gasteiger partial charge in [0.05, 0.1) is 19.1 Å². The van der Waals surface area contributed by atoms with Crippen LogP contribution in [-0.4, -0.2) is 56.8 Å². The van der Waals surface area contributed by atoms with Gasteiger partial charge in [-0.15, -0.1) is 0 Å². The molecule has 1 saturated heterocycles. The monoisotopic (exact) mass is 508 g/mol. The third-order valence-electron chi connectivity index (χ3n) is 6.74. The highest BCUT2D eigenvalue weighted by atomic mass is 16.3. The number of likely N-dealkylation sites (tertiary alicyclic amines) is 1. The summed E-state index contributed by atoms with van der Waals surface area (Å²) < 4.78 is 0. The zero-order valence-electron chi connectivity index (χ0n) is 20.9. The van der Waals surface area contributed by atoms with Gasteiger partial charge in [0.2, 0.25) is 11.7 Å². The van der Waals surface area contributed by atoms with Gasteiger partial charge in [-0.05, 0) is 59.5 Å². The Labute approximate surface area is 220 Å². The number of rotatable bonds is 7. The summed E-state index contributed by atoms with van der Waals surface area (Å²) in [5.41, 5.74) is 1.86. The summed E-state index contributed by atoms with van der Waals surface area (Å²) in [7, 11) is 0. The lowest BCUT2D eigenvalue weighted by Crippen LogP contribution is -2.40. The maximum absolute atomic E-state index is 13.5. The number of piperidine rings is 1. The van der Waals surface area contributed by atoms with Gasteiger partial charge < -0.3 is 14.9 Å². The number of aliphatic hydroxyl groups excluding tert-OH is 1. The van der Waals surface area contributed by atoms with Crippen molar-refractivity contribution in [3.63, 3.8) is 0 Å². The summed E-state index contributed by atoms with van der Waals surface area (Å²) in [5, 5.41) is 11.9. The number of anilines is 1. The zero-order valence-corrected chi connectivity index (χ0v) is 20.9. The van der Waals surface area contributed by atoms with Crippen LogP contribution >= 0.6 is 0 Å². The quantitative estimate of drug-likeness (QED) is 0.299. The molecule has 0 saturated carbocycles. The van der Waals surface area contributed by atoms with Gasteiger partial charge in [0.1, 0.15) is 0 Å². The predicted octanol–water partition coefficient (Wildman–Crippen LogP) is 4.03. The van der Waals surface area contributed by atoms with Crippen LogP contribution in [0.4, 0.5) is 5.69 Å². The molecule has 38 heavy (non-hydrogen) atoms. The minimum Gasteiger partial charge on any atom is -0.393 e. The molecule has 0 atom stereocenters. The van der Waals surface area contributed by atoms with Crippen LogP contribution in [0.15, 0.2) is 85.2 Å². The number of ketones is 1. The predicted molar refractivity (Wildman–Crippen MR) is 144 cm³/mol. The number of carbonyl (C=O) groups is 3. The van der Waals surface area contributed by atoms with E-state index in [1.54, 1.807) is 35.2 Å². The molecule has 3 aromatic carbocycles. The minimum absolute atomic E-state index is 0.0114. The van der Waals surface area contributed by atoms with Crippen molar-refractivity contribution < 1.29 is 19.5 Å². The standard InChI is InChI=1S/C30H28N4O4/c35-26-11-15-33(16-12-26)30(38)24-7-3-8-25(18-24)34(28(37)19-27(36)29-31-13-4-14-32-29)20-21-9-10-22-5-1-2-6-23(22)17-21/h1-10,13-14,17-18,26,35H,11-12,15-16,19-20H2. The minimum atomic E-state index is -0.474. The lowest BCUT2D eigenvalue weighted by Gasteiger charge is -2.30. The van der Waals surface area contributed by atoms with Crippen molar-refractivity contribution in [1.82, 2.24) is 14.9 Å². The highest BCUT2D eigenvalue weighted by molar-refractivity contribution is 6.10. The first-order chi connectivity index (χ1) is 18.5. The van der Waals surface area contributed by atoms with Gasteiger partial charge in [0.15, 0.2) is 5.82 Å². The molecule has 0 aliphatic carbocycles. The second kappa shape index (κ2) is 11.3. The van der Waals surface area contributed by atoms with Crippen molar-refractivity contribution in [2.75, 3.05) is 18.0 Å². The molecule has 0 bridgehead atoms. The molecule has 2 heterocycles. The molecular formula is C30H28N4O4. The van der Waals surface area contributed by atoms with E-state index in [4.69, 9.17) is 0 Å². The average molecular weight is 509 g/mol. The van der Waals surface area contributed by atoms with E-state index in [1.807, 2.05) is 42.5 Å². The van der Waals surface area contributed by atoms with E-state index in [-0.39, 0.29) is 24.4 Å². The zero-order chi connectivity index (χ0) is 26.5. The number of aromatic nitrogens is 2. The molecule has 1 fully saturated rings. The number of carbonyl (C=O) groups excluding carboxylic acids is 3. The van der Waals surface area contributed by atoms with Gasteiger partial charge in [-0.2, -0.15) is 0 Å². The van der Waals surface area contributed by atoms with Gasteiger partial charge in [-0.3, -0.25) is 14.4 Å². The smallest absolute Gasteiger partial charge is 0.253 e. The van der Waals surface area contributed by atoms with Crippen LogP contribution in [0.3, 0.4) is 0 Å². The number of fused-ring (bicyclic) bond motifs is 1. The maximum atomic E-state index is 13.5. The number of hydrogen-bond donors (Lipinski definition) is 1. The molecule has 8 heteroatoms. The summed E-state index contributed by atoms with van der Waals surface area (Å²) in [4.78, 5) is 50.7.